The number of aromatic nitrogens is 3. The van der Waals surface area contributed by atoms with Gasteiger partial charge < -0.3 is 14.7 Å². The number of amides is 1. The third kappa shape index (κ3) is 2.62. The van der Waals surface area contributed by atoms with E-state index in [-0.39, 0.29) is 23.7 Å². The molecule has 1 aliphatic carbocycles. The Bertz CT molecular complexity index is 901. The van der Waals surface area contributed by atoms with Crippen molar-refractivity contribution < 1.29 is 9.32 Å². The van der Waals surface area contributed by atoms with Gasteiger partial charge in [-0.1, -0.05) is 28.9 Å². The van der Waals surface area contributed by atoms with E-state index >= 15 is 0 Å². The molecule has 6 rings (SSSR count). The van der Waals surface area contributed by atoms with Crippen LogP contribution in [0.4, 0.5) is 0 Å². The van der Waals surface area contributed by atoms with Crippen molar-refractivity contribution in [1.29, 1.82) is 0 Å². The molecule has 3 saturated heterocycles. The van der Waals surface area contributed by atoms with Crippen LogP contribution >= 0.6 is 11.6 Å². The van der Waals surface area contributed by atoms with Gasteiger partial charge in [0.25, 0.3) is 0 Å². The molecule has 1 amide bonds. The first-order valence-electron chi connectivity index (χ1n) is 8.90. The molecule has 2 bridgehead atoms. The Morgan fingerprint density at radius 1 is 1.35 bits per heavy atom. The number of pyridine rings is 1. The Kier molecular flexibility index (Phi) is 3.79. The fourth-order valence-corrected chi connectivity index (χ4v) is 4.41. The van der Waals surface area contributed by atoms with E-state index in [1.165, 1.54) is 0 Å². The van der Waals surface area contributed by atoms with Gasteiger partial charge in [0.15, 0.2) is 0 Å². The van der Waals surface area contributed by atoms with Gasteiger partial charge in [0.1, 0.15) is 0 Å². The lowest BCUT2D eigenvalue weighted by molar-refractivity contribution is 0.0597. The van der Waals surface area contributed by atoms with Crippen molar-refractivity contribution in [3.8, 4) is 11.4 Å². The highest BCUT2D eigenvalue weighted by Crippen LogP contribution is 2.33. The third-order valence-electron chi connectivity index (χ3n) is 5.56. The van der Waals surface area contributed by atoms with E-state index < -0.39 is 0 Å². The molecule has 0 aromatic carbocycles. The van der Waals surface area contributed by atoms with Gasteiger partial charge in [-0.05, 0) is 31.8 Å². The fourth-order valence-electron chi connectivity index (χ4n) is 4.10. The third-order valence-corrected chi connectivity index (χ3v) is 5.97. The van der Waals surface area contributed by atoms with Crippen LogP contribution in [0.5, 0.6) is 0 Å². The second-order valence-corrected chi connectivity index (χ2v) is 7.47. The van der Waals surface area contributed by atoms with Gasteiger partial charge in [-0.3, -0.25) is 9.78 Å². The van der Waals surface area contributed by atoms with Crippen LogP contribution < -0.4 is 5.32 Å². The van der Waals surface area contributed by atoms with Crippen molar-refractivity contribution in [3.63, 3.8) is 0 Å². The normalized spacial score (nSPS) is 26.1. The molecule has 1 N–H and O–H groups in total. The molecular weight excluding hydrogens is 354 g/mol. The number of rotatable bonds is 3. The number of halogens is 1. The van der Waals surface area contributed by atoms with Crippen LogP contribution in [0.1, 0.15) is 34.8 Å². The van der Waals surface area contributed by atoms with E-state index in [1.54, 1.807) is 6.20 Å². The predicted octanol–water partition coefficient (Wildman–Crippen LogP) is 2.18. The number of nitrogens with one attached hydrogen (secondary N) is 1. The minimum Gasteiger partial charge on any atom is -0.344 e. The SMILES string of the molecule is O=C(NC1CN2CCC1CC2)c1nc(-c2cnc3c(c2Cl)C=CC3)no1. The van der Waals surface area contributed by atoms with E-state index in [0.29, 0.717) is 16.5 Å². The summed E-state index contributed by atoms with van der Waals surface area (Å²) in [7, 11) is 0. The van der Waals surface area contributed by atoms with Gasteiger partial charge in [0, 0.05) is 30.8 Å². The zero-order valence-corrected chi connectivity index (χ0v) is 14.9. The zero-order chi connectivity index (χ0) is 17.7. The summed E-state index contributed by atoms with van der Waals surface area (Å²) in [5, 5.41) is 7.52. The highest BCUT2D eigenvalue weighted by Gasteiger charge is 2.35. The van der Waals surface area contributed by atoms with Crippen molar-refractivity contribution in [2.45, 2.75) is 25.3 Å². The minimum atomic E-state index is -0.326. The van der Waals surface area contributed by atoms with E-state index in [2.05, 4.69) is 25.3 Å². The molecule has 26 heavy (non-hydrogen) atoms. The van der Waals surface area contributed by atoms with E-state index in [9.17, 15) is 4.79 Å². The number of nitrogens with zero attached hydrogens (tertiary/aromatic N) is 4. The number of hydrogen-bond donors (Lipinski definition) is 1. The molecule has 3 aliphatic heterocycles. The molecule has 2 aromatic heterocycles. The monoisotopic (exact) mass is 371 g/mol. The average molecular weight is 372 g/mol. The molecule has 7 nitrogen and oxygen atoms in total. The summed E-state index contributed by atoms with van der Waals surface area (Å²) in [4.78, 5) is 23.5. The Labute approximate surface area is 155 Å². The number of hydrogen-bond acceptors (Lipinski definition) is 6. The van der Waals surface area contributed by atoms with Crippen LogP contribution in [-0.2, 0) is 6.42 Å². The lowest BCUT2D eigenvalue weighted by Gasteiger charge is -2.44. The van der Waals surface area contributed by atoms with Gasteiger partial charge >= 0.3 is 11.8 Å². The summed E-state index contributed by atoms with van der Waals surface area (Å²) < 4.78 is 5.19. The minimum absolute atomic E-state index is 0.0384. The second-order valence-electron chi connectivity index (χ2n) is 7.09. The Morgan fingerprint density at radius 2 is 2.19 bits per heavy atom. The largest absolute Gasteiger partial charge is 0.344 e. The van der Waals surface area contributed by atoms with Gasteiger partial charge in [0.05, 0.1) is 16.3 Å². The molecule has 3 fully saturated rings. The molecule has 8 heteroatoms. The number of allylic oxidation sites excluding steroid dienone is 1. The standard InChI is InChI=1S/C18H18ClN5O2/c19-15-11-2-1-3-13(11)20-8-12(15)16-22-18(26-23-16)17(25)21-14-9-24-6-4-10(14)5-7-24/h1-2,8,10,14H,3-7,9H2,(H,21,25). The van der Waals surface area contributed by atoms with Crippen LogP contribution in [0.15, 0.2) is 16.8 Å². The van der Waals surface area contributed by atoms with Gasteiger partial charge in [-0.25, -0.2) is 0 Å². The fraction of sp³-hybridized carbons (Fsp3) is 0.444. The molecule has 0 saturated carbocycles. The van der Waals surface area contributed by atoms with Crippen LogP contribution in [0.3, 0.4) is 0 Å². The number of piperidine rings is 3. The van der Waals surface area contributed by atoms with E-state index in [4.69, 9.17) is 16.1 Å². The average Bonchev–Trinajstić information content (AvgIpc) is 3.33. The molecule has 1 unspecified atom stereocenters. The molecular formula is C18H18ClN5O2. The van der Waals surface area contributed by atoms with Crippen LogP contribution in [0.2, 0.25) is 5.02 Å². The van der Waals surface area contributed by atoms with Crippen molar-refractivity contribution in [3.05, 3.63) is 34.4 Å². The summed E-state index contributed by atoms with van der Waals surface area (Å²) in [6.45, 7) is 3.14. The molecule has 1 atom stereocenters. The first-order valence-corrected chi connectivity index (χ1v) is 9.28. The van der Waals surface area contributed by atoms with Gasteiger partial charge in [-0.15, -0.1) is 0 Å². The quantitative estimate of drug-likeness (QED) is 0.890. The maximum atomic E-state index is 12.5. The molecule has 5 heterocycles. The first-order chi connectivity index (χ1) is 12.7. The summed E-state index contributed by atoms with van der Waals surface area (Å²) in [6.07, 6.45) is 8.61. The second kappa shape index (κ2) is 6.17. The lowest BCUT2D eigenvalue weighted by atomic mass is 9.84. The summed E-state index contributed by atoms with van der Waals surface area (Å²) in [5.74, 6) is 0.453. The maximum absolute atomic E-state index is 12.5. The van der Waals surface area contributed by atoms with Gasteiger partial charge in [0.2, 0.25) is 5.82 Å². The summed E-state index contributed by atoms with van der Waals surface area (Å²) in [5.41, 5.74) is 2.39. The van der Waals surface area contributed by atoms with Crippen LogP contribution in [-0.4, -0.2) is 51.6 Å². The van der Waals surface area contributed by atoms with Crippen molar-refractivity contribution in [2.24, 2.45) is 5.92 Å². The highest BCUT2D eigenvalue weighted by atomic mass is 35.5. The Morgan fingerprint density at radius 3 is 2.96 bits per heavy atom. The molecule has 134 valence electrons. The van der Waals surface area contributed by atoms with E-state index in [1.807, 2.05) is 12.2 Å². The number of carbonyl (C=O) groups is 1. The van der Waals surface area contributed by atoms with Crippen molar-refractivity contribution in [2.75, 3.05) is 19.6 Å². The molecule has 2 aromatic rings. The highest BCUT2D eigenvalue weighted by molar-refractivity contribution is 6.34. The lowest BCUT2D eigenvalue weighted by Crippen LogP contribution is -2.57. The van der Waals surface area contributed by atoms with Crippen molar-refractivity contribution >= 4 is 23.6 Å². The van der Waals surface area contributed by atoms with E-state index in [0.717, 1.165) is 50.2 Å². The summed E-state index contributed by atoms with van der Waals surface area (Å²) in [6, 6.07) is 0.149. The zero-order valence-electron chi connectivity index (χ0n) is 14.1. The van der Waals surface area contributed by atoms with Gasteiger partial charge in [-0.2, -0.15) is 4.98 Å². The van der Waals surface area contributed by atoms with Crippen molar-refractivity contribution in [1.82, 2.24) is 25.3 Å². The molecule has 4 aliphatic rings. The van der Waals surface area contributed by atoms with Crippen LogP contribution in [0, 0.1) is 5.92 Å². The van der Waals surface area contributed by atoms with Crippen LogP contribution in [0.25, 0.3) is 17.5 Å². The Hall–Kier alpha value is -2.25. The first kappa shape index (κ1) is 16.0. The molecule has 0 radical (unpaired) electrons. The molecule has 0 spiro atoms. The number of carbonyl (C=O) groups excluding carboxylic acids is 1. The Balaban J connectivity index is 1.35. The predicted molar refractivity (Wildman–Crippen MR) is 95.7 cm³/mol. The maximum Gasteiger partial charge on any atom is 0.316 e. The topological polar surface area (TPSA) is 84.2 Å². The number of fused-ring (bicyclic) bond motifs is 4. The summed E-state index contributed by atoms with van der Waals surface area (Å²) >= 11 is 6.46. The smallest absolute Gasteiger partial charge is 0.316 e.